The van der Waals surface area contributed by atoms with Gasteiger partial charge in [-0.1, -0.05) is 80.1 Å². The molecule has 0 spiro atoms. The van der Waals surface area contributed by atoms with Crippen LogP contribution in [0.4, 0.5) is 4.79 Å². The van der Waals surface area contributed by atoms with Crippen LogP contribution < -0.4 is 0 Å². The third kappa shape index (κ3) is 10.3. The normalized spacial score (nSPS) is 22.4. The van der Waals surface area contributed by atoms with Crippen molar-refractivity contribution in [1.82, 2.24) is 4.90 Å². The molecule has 4 unspecified atom stereocenters. The van der Waals surface area contributed by atoms with Crippen molar-refractivity contribution in [3.8, 4) is 0 Å². The van der Waals surface area contributed by atoms with Gasteiger partial charge in [0.25, 0.3) is 0 Å². The van der Waals surface area contributed by atoms with E-state index in [2.05, 4.69) is 41.5 Å². The van der Waals surface area contributed by atoms with E-state index in [4.69, 9.17) is 9.47 Å². The fourth-order valence-corrected chi connectivity index (χ4v) is 4.60. The molecule has 1 amide bonds. The lowest BCUT2D eigenvalue weighted by Crippen LogP contribution is -2.47. The van der Waals surface area contributed by atoms with Gasteiger partial charge in [-0.25, -0.2) is 9.59 Å². The molecule has 0 saturated heterocycles. The monoisotopic (exact) mass is 439 g/mol. The summed E-state index contributed by atoms with van der Waals surface area (Å²) in [5.41, 5.74) is 0. The second-order valence-corrected chi connectivity index (χ2v) is 10.4. The zero-order chi connectivity index (χ0) is 23.4. The number of carbonyl (C=O) groups excluding carboxylic acids is 2. The minimum absolute atomic E-state index is 0.0717. The van der Waals surface area contributed by atoms with Crippen LogP contribution in [-0.4, -0.2) is 42.8 Å². The number of carbonyl (C=O) groups is 2. The minimum atomic E-state index is -0.592. The Labute approximate surface area is 191 Å². The van der Waals surface area contributed by atoms with Gasteiger partial charge in [0, 0.05) is 7.05 Å². The van der Waals surface area contributed by atoms with Crippen molar-refractivity contribution in [2.24, 2.45) is 23.7 Å². The lowest BCUT2D eigenvalue weighted by molar-refractivity contribution is -0.150. The lowest BCUT2D eigenvalue weighted by atomic mass is 9.75. The molecule has 1 aliphatic carbocycles. The van der Waals surface area contributed by atoms with E-state index in [1.165, 1.54) is 37.0 Å². The number of likely N-dealkylation sites (N-methyl/N-ethyl adjacent to an activating group) is 1. The quantitative estimate of drug-likeness (QED) is 0.233. The van der Waals surface area contributed by atoms with Gasteiger partial charge in [0.2, 0.25) is 0 Å². The van der Waals surface area contributed by atoms with Crippen LogP contribution in [0, 0.1) is 23.7 Å². The van der Waals surface area contributed by atoms with E-state index in [0.29, 0.717) is 30.8 Å². The second kappa shape index (κ2) is 14.7. The third-order valence-corrected chi connectivity index (χ3v) is 6.68. The Morgan fingerprint density at radius 3 is 2.26 bits per heavy atom. The maximum Gasteiger partial charge on any atom is 0.410 e. The smallest absolute Gasteiger partial charge is 0.410 e. The van der Waals surface area contributed by atoms with E-state index >= 15 is 0 Å². The highest BCUT2D eigenvalue weighted by Gasteiger charge is 2.36. The molecule has 182 valence electrons. The molecular formula is C26H49NO4. The van der Waals surface area contributed by atoms with Gasteiger partial charge in [0.15, 0.2) is 0 Å². The van der Waals surface area contributed by atoms with E-state index in [1.807, 2.05) is 0 Å². The Hall–Kier alpha value is -1.26. The lowest BCUT2D eigenvalue weighted by Gasteiger charge is -2.38. The number of rotatable bonds is 13. The Bertz CT molecular complexity index is 520. The van der Waals surface area contributed by atoms with E-state index in [1.54, 1.807) is 7.05 Å². The highest BCUT2D eigenvalue weighted by Crippen LogP contribution is 2.35. The molecule has 0 aromatic rings. The van der Waals surface area contributed by atoms with Gasteiger partial charge in [0.05, 0.1) is 6.61 Å². The minimum Gasteiger partial charge on any atom is -0.464 e. The molecule has 5 nitrogen and oxygen atoms in total. The fourth-order valence-electron chi connectivity index (χ4n) is 4.60. The largest absolute Gasteiger partial charge is 0.464 e. The molecule has 0 radical (unpaired) electrons. The molecule has 0 aromatic heterocycles. The Kier molecular flexibility index (Phi) is 13.2. The SMILES string of the molecule is CCCCCCCCOC(=O)C(CC(C)C)N(C)C(=O)OC1CC(C)CCC1C(C)C. The summed E-state index contributed by atoms with van der Waals surface area (Å²) < 4.78 is 11.5. The molecule has 0 bridgehead atoms. The molecule has 0 N–H and O–H groups in total. The van der Waals surface area contributed by atoms with Crippen molar-refractivity contribution >= 4 is 12.1 Å². The summed E-state index contributed by atoms with van der Waals surface area (Å²) in [4.78, 5) is 27.3. The maximum absolute atomic E-state index is 13.0. The summed E-state index contributed by atoms with van der Waals surface area (Å²) in [6, 6.07) is -0.592. The highest BCUT2D eigenvalue weighted by atomic mass is 16.6. The predicted octanol–water partition coefficient (Wildman–Crippen LogP) is 6.83. The summed E-state index contributed by atoms with van der Waals surface area (Å²) in [5.74, 6) is 1.40. The van der Waals surface area contributed by atoms with Crippen molar-refractivity contribution in [2.75, 3.05) is 13.7 Å². The van der Waals surface area contributed by atoms with Gasteiger partial charge in [-0.05, 0) is 49.4 Å². The molecular weight excluding hydrogens is 390 g/mol. The summed E-state index contributed by atoms with van der Waals surface area (Å²) in [6.45, 7) is 13.4. The number of esters is 1. The fraction of sp³-hybridized carbons (Fsp3) is 0.923. The average molecular weight is 440 g/mol. The number of nitrogens with zero attached hydrogens (tertiary/aromatic N) is 1. The zero-order valence-corrected chi connectivity index (χ0v) is 21.3. The molecule has 0 aromatic carbocycles. The molecule has 0 aliphatic heterocycles. The second-order valence-electron chi connectivity index (χ2n) is 10.4. The Balaban J connectivity index is 2.63. The van der Waals surface area contributed by atoms with Gasteiger partial charge in [-0.15, -0.1) is 0 Å². The zero-order valence-electron chi connectivity index (χ0n) is 21.3. The molecule has 5 heteroatoms. The van der Waals surface area contributed by atoms with E-state index in [-0.39, 0.29) is 18.0 Å². The summed E-state index contributed by atoms with van der Waals surface area (Å²) in [7, 11) is 1.68. The molecule has 1 saturated carbocycles. The first-order valence-corrected chi connectivity index (χ1v) is 12.8. The highest BCUT2D eigenvalue weighted by molar-refractivity contribution is 5.81. The van der Waals surface area contributed by atoms with Crippen molar-refractivity contribution < 1.29 is 19.1 Å². The summed E-state index contributed by atoms with van der Waals surface area (Å²) in [5, 5.41) is 0. The maximum atomic E-state index is 13.0. The number of amides is 1. The third-order valence-electron chi connectivity index (χ3n) is 6.68. The van der Waals surface area contributed by atoms with Crippen LogP contribution in [0.2, 0.25) is 0 Å². The van der Waals surface area contributed by atoms with E-state index in [9.17, 15) is 9.59 Å². The van der Waals surface area contributed by atoms with Crippen molar-refractivity contribution in [2.45, 2.75) is 118 Å². The Morgan fingerprint density at radius 1 is 1.00 bits per heavy atom. The van der Waals surface area contributed by atoms with Gasteiger partial charge >= 0.3 is 12.1 Å². The first-order valence-electron chi connectivity index (χ1n) is 12.8. The Morgan fingerprint density at radius 2 is 1.65 bits per heavy atom. The van der Waals surface area contributed by atoms with Gasteiger partial charge in [0.1, 0.15) is 12.1 Å². The molecule has 1 aliphatic rings. The first-order chi connectivity index (χ1) is 14.7. The van der Waals surface area contributed by atoms with Crippen LogP contribution in [0.3, 0.4) is 0 Å². The number of hydrogen-bond donors (Lipinski definition) is 0. The number of unbranched alkanes of at least 4 members (excludes halogenated alkanes) is 5. The molecule has 1 rings (SSSR count). The van der Waals surface area contributed by atoms with Crippen molar-refractivity contribution in [3.63, 3.8) is 0 Å². The number of hydrogen-bond acceptors (Lipinski definition) is 4. The van der Waals surface area contributed by atoms with Gasteiger partial charge in [-0.2, -0.15) is 0 Å². The summed E-state index contributed by atoms with van der Waals surface area (Å²) >= 11 is 0. The van der Waals surface area contributed by atoms with E-state index in [0.717, 1.165) is 25.7 Å². The average Bonchev–Trinajstić information content (AvgIpc) is 2.70. The predicted molar refractivity (Wildman–Crippen MR) is 127 cm³/mol. The van der Waals surface area contributed by atoms with Crippen LogP contribution in [0.25, 0.3) is 0 Å². The molecule has 31 heavy (non-hydrogen) atoms. The standard InChI is InChI=1S/C26H49NO4/c1-8-9-10-11-12-13-16-30-25(28)23(17-19(2)3)27(7)26(29)31-24-18-21(6)14-15-22(24)20(4)5/h19-24H,8-18H2,1-7H3. The first kappa shape index (κ1) is 27.8. The molecule has 0 heterocycles. The topological polar surface area (TPSA) is 55.8 Å². The molecule has 4 atom stereocenters. The van der Waals surface area contributed by atoms with Crippen LogP contribution in [-0.2, 0) is 14.3 Å². The number of ether oxygens (including phenoxy) is 2. The van der Waals surface area contributed by atoms with Crippen LogP contribution >= 0.6 is 0 Å². The van der Waals surface area contributed by atoms with E-state index < -0.39 is 12.1 Å². The van der Waals surface area contributed by atoms with Gasteiger partial charge < -0.3 is 9.47 Å². The van der Waals surface area contributed by atoms with Crippen LogP contribution in [0.5, 0.6) is 0 Å². The van der Waals surface area contributed by atoms with Crippen LogP contribution in [0.15, 0.2) is 0 Å². The van der Waals surface area contributed by atoms with Crippen molar-refractivity contribution in [3.05, 3.63) is 0 Å². The van der Waals surface area contributed by atoms with Crippen molar-refractivity contribution in [1.29, 1.82) is 0 Å². The molecule has 1 fully saturated rings. The van der Waals surface area contributed by atoms with Crippen LogP contribution in [0.1, 0.15) is 106 Å². The summed E-state index contributed by atoms with van der Waals surface area (Å²) in [6.07, 6.45) is 10.2. The van der Waals surface area contributed by atoms with Gasteiger partial charge in [-0.3, -0.25) is 4.90 Å².